The van der Waals surface area contributed by atoms with Crippen molar-refractivity contribution < 1.29 is 9.59 Å². The van der Waals surface area contributed by atoms with Crippen LogP contribution < -0.4 is 4.72 Å². The summed E-state index contributed by atoms with van der Waals surface area (Å²) < 4.78 is 5.22. The number of aromatic amines is 1. The molecular weight excluding hydrogens is 398 g/mol. The lowest BCUT2D eigenvalue weighted by Crippen LogP contribution is -2.48. The number of benzene rings is 1. The molecule has 1 unspecified atom stereocenters. The number of carbonyl (C=O) groups is 2. The van der Waals surface area contributed by atoms with Crippen molar-refractivity contribution >= 4 is 34.5 Å². The summed E-state index contributed by atoms with van der Waals surface area (Å²) in [4.78, 5) is 30.8. The molecule has 1 saturated heterocycles. The Morgan fingerprint density at radius 1 is 1.23 bits per heavy atom. The first-order chi connectivity index (χ1) is 14.7. The molecule has 7 nitrogen and oxygen atoms in total. The normalized spacial score (nSPS) is 15.3. The van der Waals surface area contributed by atoms with E-state index >= 15 is 0 Å². The van der Waals surface area contributed by atoms with Crippen molar-refractivity contribution in [3.05, 3.63) is 54.5 Å². The predicted octanol–water partition coefficient (Wildman–Crippen LogP) is 3.09. The molecule has 1 aliphatic rings. The van der Waals surface area contributed by atoms with Crippen molar-refractivity contribution in [1.82, 2.24) is 19.2 Å². The van der Waals surface area contributed by atoms with Gasteiger partial charge < -0.3 is 14.5 Å². The molecule has 0 spiro atoms. The summed E-state index contributed by atoms with van der Waals surface area (Å²) in [7, 11) is 0. The third-order valence-corrected chi connectivity index (χ3v) is 6.38. The summed E-state index contributed by atoms with van der Waals surface area (Å²) in [6.45, 7) is 1.50. The number of hydrogen-bond donors (Lipinski definition) is 2. The number of H-pyrrole nitrogens is 1. The monoisotopic (exact) mass is 421 g/mol. The molecule has 8 heteroatoms. The molecule has 0 bridgehead atoms. The molecule has 154 valence electrons. The van der Waals surface area contributed by atoms with Crippen molar-refractivity contribution in [1.29, 1.82) is 5.26 Å². The molecule has 1 aliphatic heterocycles. The Bertz CT molecular complexity index is 1090. The van der Waals surface area contributed by atoms with Gasteiger partial charge in [-0.25, -0.2) is 4.72 Å². The number of amides is 1. The van der Waals surface area contributed by atoms with E-state index in [0.29, 0.717) is 44.6 Å². The second-order valence-corrected chi connectivity index (χ2v) is 8.20. The molecular formula is C22H23N5O2S. The van der Waals surface area contributed by atoms with Crippen molar-refractivity contribution in [3.63, 3.8) is 0 Å². The maximum atomic E-state index is 13.2. The standard InChI is InChI=1S/C22H23N5O2S/c23-15-16-3-2-11-26(16)14-9-20(22(29)27-12-7-17(28)8-13-27)25-30-21-5-1-4-19-18(21)6-10-24-19/h1-6,10-11,20,24-25H,7-9,12-14H2. The van der Waals surface area contributed by atoms with Crippen LogP contribution in [0.4, 0.5) is 0 Å². The van der Waals surface area contributed by atoms with Gasteiger partial charge in [0.2, 0.25) is 5.91 Å². The van der Waals surface area contributed by atoms with E-state index in [1.54, 1.807) is 11.0 Å². The second kappa shape index (κ2) is 9.20. The van der Waals surface area contributed by atoms with E-state index in [2.05, 4.69) is 15.8 Å². The van der Waals surface area contributed by atoms with Crippen molar-refractivity contribution in [2.24, 2.45) is 0 Å². The molecule has 1 fully saturated rings. The fourth-order valence-electron chi connectivity index (χ4n) is 3.69. The van der Waals surface area contributed by atoms with E-state index in [4.69, 9.17) is 0 Å². The van der Waals surface area contributed by atoms with Crippen molar-refractivity contribution in [2.75, 3.05) is 13.1 Å². The van der Waals surface area contributed by atoms with Crippen molar-refractivity contribution in [2.45, 2.75) is 36.7 Å². The maximum absolute atomic E-state index is 13.2. The van der Waals surface area contributed by atoms with Gasteiger partial charge >= 0.3 is 0 Å². The van der Waals surface area contributed by atoms with E-state index in [1.807, 2.05) is 47.3 Å². The molecule has 1 amide bonds. The number of carbonyl (C=O) groups excluding carboxylic acids is 2. The first-order valence-electron chi connectivity index (χ1n) is 10.00. The lowest BCUT2D eigenvalue weighted by atomic mass is 10.1. The smallest absolute Gasteiger partial charge is 0.240 e. The summed E-state index contributed by atoms with van der Waals surface area (Å²) in [5, 5.41) is 10.3. The van der Waals surface area contributed by atoms with Crippen LogP contribution in [0.2, 0.25) is 0 Å². The lowest BCUT2D eigenvalue weighted by Gasteiger charge is -2.30. The number of fused-ring (bicyclic) bond motifs is 1. The van der Waals surface area contributed by atoms with Gasteiger partial charge in [-0.15, -0.1) is 0 Å². The van der Waals surface area contributed by atoms with Gasteiger partial charge in [0, 0.05) is 60.7 Å². The number of nitrogens with one attached hydrogen (secondary N) is 2. The Hall–Kier alpha value is -3.02. The van der Waals surface area contributed by atoms with Crippen molar-refractivity contribution in [3.8, 4) is 6.07 Å². The fraction of sp³-hybridized carbons (Fsp3) is 0.318. The zero-order chi connectivity index (χ0) is 20.9. The highest BCUT2D eigenvalue weighted by molar-refractivity contribution is 7.97. The van der Waals surface area contributed by atoms with Crippen LogP contribution >= 0.6 is 11.9 Å². The van der Waals surface area contributed by atoms with Crippen LogP contribution in [0.15, 0.2) is 53.7 Å². The average molecular weight is 422 g/mol. The first-order valence-corrected chi connectivity index (χ1v) is 10.8. The highest BCUT2D eigenvalue weighted by Gasteiger charge is 2.27. The van der Waals surface area contributed by atoms with Gasteiger partial charge in [0.25, 0.3) is 0 Å². The van der Waals surface area contributed by atoms with Crippen LogP contribution in [0.25, 0.3) is 10.9 Å². The number of ketones is 1. The van der Waals surface area contributed by atoms with E-state index in [1.165, 1.54) is 11.9 Å². The topological polar surface area (TPSA) is 93.9 Å². The number of aryl methyl sites for hydroxylation is 1. The summed E-state index contributed by atoms with van der Waals surface area (Å²) in [5.41, 5.74) is 1.62. The molecule has 0 aliphatic carbocycles. The number of rotatable bonds is 7. The molecule has 2 N–H and O–H groups in total. The van der Waals surface area contributed by atoms with Crippen LogP contribution in [0.5, 0.6) is 0 Å². The first kappa shape index (κ1) is 20.3. The lowest BCUT2D eigenvalue weighted by molar-refractivity contribution is -0.136. The predicted molar refractivity (Wildman–Crippen MR) is 116 cm³/mol. The molecule has 3 heterocycles. The van der Waals surface area contributed by atoms with Crippen LogP contribution in [-0.2, 0) is 16.1 Å². The van der Waals surface area contributed by atoms with Gasteiger partial charge in [0.1, 0.15) is 17.5 Å². The fourth-order valence-corrected chi connectivity index (χ4v) is 4.61. The zero-order valence-corrected chi connectivity index (χ0v) is 17.3. The minimum absolute atomic E-state index is 0.00177. The average Bonchev–Trinajstić information content (AvgIpc) is 3.43. The van der Waals surface area contributed by atoms with Crippen LogP contribution in [-0.4, -0.2) is 45.3 Å². The van der Waals surface area contributed by atoms with E-state index < -0.39 is 6.04 Å². The number of nitrogens with zero attached hydrogens (tertiary/aromatic N) is 3. The Balaban J connectivity index is 1.48. The van der Waals surface area contributed by atoms with E-state index in [0.717, 1.165) is 15.8 Å². The Morgan fingerprint density at radius 2 is 2.07 bits per heavy atom. The number of hydrogen-bond acceptors (Lipinski definition) is 5. The third-order valence-electron chi connectivity index (χ3n) is 5.40. The van der Waals surface area contributed by atoms with Gasteiger partial charge in [-0.2, -0.15) is 5.26 Å². The van der Waals surface area contributed by atoms with E-state index in [-0.39, 0.29) is 11.7 Å². The maximum Gasteiger partial charge on any atom is 0.240 e. The summed E-state index contributed by atoms with van der Waals surface area (Å²) in [6, 6.07) is 13.4. The Morgan fingerprint density at radius 3 is 2.87 bits per heavy atom. The minimum Gasteiger partial charge on any atom is -0.361 e. The summed E-state index contributed by atoms with van der Waals surface area (Å²) in [6.07, 6.45) is 5.14. The molecule has 1 aromatic carbocycles. The Labute approximate surface area is 179 Å². The molecule has 0 radical (unpaired) electrons. The number of aromatic nitrogens is 2. The number of nitriles is 1. The minimum atomic E-state index is -0.425. The number of piperidine rings is 1. The summed E-state index contributed by atoms with van der Waals surface area (Å²) >= 11 is 1.44. The van der Waals surface area contributed by atoms with Gasteiger partial charge in [-0.3, -0.25) is 9.59 Å². The molecule has 2 aromatic heterocycles. The molecule has 4 rings (SSSR count). The highest BCUT2D eigenvalue weighted by Crippen LogP contribution is 2.26. The quantitative estimate of drug-likeness (QED) is 0.572. The highest BCUT2D eigenvalue weighted by atomic mass is 32.2. The van der Waals surface area contributed by atoms with Gasteiger partial charge in [-0.1, -0.05) is 6.07 Å². The SMILES string of the molecule is N#Cc1cccn1CCC(NSc1cccc2[nH]ccc12)C(=O)N1CCC(=O)CC1. The van der Waals surface area contributed by atoms with Crippen LogP contribution in [0.3, 0.4) is 0 Å². The zero-order valence-electron chi connectivity index (χ0n) is 16.5. The number of likely N-dealkylation sites (tertiary alicyclic amines) is 1. The molecule has 30 heavy (non-hydrogen) atoms. The second-order valence-electron chi connectivity index (χ2n) is 7.32. The van der Waals surface area contributed by atoms with Gasteiger partial charge in [-0.05, 0) is 48.7 Å². The largest absolute Gasteiger partial charge is 0.361 e. The van der Waals surface area contributed by atoms with Crippen LogP contribution in [0.1, 0.15) is 25.0 Å². The molecule has 1 atom stereocenters. The van der Waals surface area contributed by atoms with Gasteiger partial charge in [0.05, 0.1) is 6.04 Å². The third kappa shape index (κ3) is 4.42. The number of Topliss-reactive ketones (excluding diaryl/α,β-unsaturated/α-hetero) is 1. The summed E-state index contributed by atoms with van der Waals surface area (Å²) in [5.74, 6) is 0.213. The Kier molecular flexibility index (Phi) is 6.21. The molecule has 0 saturated carbocycles. The molecule has 3 aromatic rings. The van der Waals surface area contributed by atoms with Crippen LogP contribution in [0, 0.1) is 11.3 Å². The van der Waals surface area contributed by atoms with E-state index in [9.17, 15) is 14.9 Å². The van der Waals surface area contributed by atoms with Gasteiger partial charge in [0.15, 0.2) is 0 Å².